The van der Waals surface area contributed by atoms with Crippen LogP contribution in [0.4, 0.5) is 5.69 Å². The van der Waals surface area contributed by atoms with Crippen LogP contribution in [0, 0.1) is 0 Å². The molecule has 1 amide bonds. The van der Waals surface area contributed by atoms with Gasteiger partial charge in [-0.2, -0.15) is 0 Å². The second-order valence-electron chi connectivity index (χ2n) is 5.47. The van der Waals surface area contributed by atoms with E-state index in [2.05, 4.69) is 10.6 Å². The molecule has 134 valence electrons. The van der Waals surface area contributed by atoms with Crippen LogP contribution in [0.25, 0.3) is 0 Å². The number of hydrogen-bond acceptors (Lipinski definition) is 4. The van der Waals surface area contributed by atoms with E-state index in [1.54, 1.807) is 36.4 Å². The molecule has 0 aliphatic carbocycles. The summed E-state index contributed by atoms with van der Waals surface area (Å²) >= 11 is 5.98. The van der Waals surface area contributed by atoms with Gasteiger partial charge >= 0.3 is 0 Å². The molecule has 0 saturated heterocycles. The maximum Gasteiger partial charge on any atom is 0.238 e. The van der Waals surface area contributed by atoms with E-state index in [0.717, 1.165) is 12.0 Å². The molecule has 0 aliphatic heterocycles. The summed E-state index contributed by atoms with van der Waals surface area (Å²) in [5, 5.41) is 11.5. The molecule has 0 bridgehead atoms. The molecular formula is C17H20ClN3O3S. The average Bonchev–Trinajstić information content (AvgIpc) is 2.56. The van der Waals surface area contributed by atoms with Crippen molar-refractivity contribution in [2.45, 2.75) is 17.7 Å². The summed E-state index contributed by atoms with van der Waals surface area (Å²) in [6.07, 6.45) is 1.05. The minimum Gasteiger partial charge on any atom is -0.325 e. The molecule has 0 aliphatic rings. The zero-order valence-electron chi connectivity index (χ0n) is 13.5. The second kappa shape index (κ2) is 8.96. The van der Waals surface area contributed by atoms with Crippen molar-refractivity contribution in [3.63, 3.8) is 0 Å². The Morgan fingerprint density at radius 1 is 1.04 bits per heavy atom. The van der Waals surface area contributed by atoms with E-state index in [-0.39, 0.29) is 10.8 Å². The van der Waals surface area contributed by atoms with E-state index in [0.29, 0.717) is 30.2 Å². The predicted octanol–water partition coefficient (Wildman–Crippen LogP) is 2.15. The largest absolute Gasteiger partial charge is 0.325 e. The summed E-state index contributed by atoms with van der Waals surface area (Å²) in [5.74, 6) is -0.113. The van der Waals surface area contributed by atoms with Crippen LogP contribution in [0.2, 0.25) is 5.02 Å². The molecule has 2 aromatic rings. The fourth-order valence-electron chi connectivity index (χ4n) is 2.18. The quantitative estimate of drug-likeness (QED) is 0.610. The summed E-state index contributed by atoms with van der Waals surface area (Å²) in [4.78, 5) is 11.9. The van der Waals surface area contributed by atoms with Gasteiger partial charge in [-0.05, 0) is 42.8 Å². The van der Waals surface area contributed by atoms with Crippen molar-refractivity contribution in [2.24, 2.45) is 5.14 Å². The molecule has 0 aromatic heterocycles. The minimum absolute atomic E-state index is 0.0976. The number of rotatable bonds is 8. The molecule has 0 saturated carbocycles. The van der Waals surface area contributed by atoms with E-state index in [9.17, 15) is 13.2 Å². The van der Waals surface area contributed by atoms with E-state index in [4.69, 9.17) is 16.7 Å². The fraction of sp³-hybridized carbons (Fsp3) is 0.235. The fourth-order valence-corrected chi connectivity index (χ4v) is 2.88. The lowest BCUT2D eigenvalue weighted by molar-refractivity contribution is -0.116. The van der Waals surface area contributed by atoms with Gasteiger partial charge in [0.25, 0.3) is 0 Å². The Hall–Kier alpha value is -1.93. The Morgan fingerprint density at radius 3 is 2.36 bits per heavy atom. The number of nitrogens with two attached hydrogens (primary N) is 1. The van der Waals surface area contributed by atoms with Crippen molar-refractivity contribution < 1.29 is 13.2 Å². The molecule has 0 heterocycles. The monoisotopic (exact) mass is 381 g/mol. The van der Waals surface area contributed by atoms with Gasteiger partial charge in [-0.1, -0.05) is 35.9 Å². The molecule has 4 N–H and O–H groups in total. The number of amides is 1. The molecule has 2 aromatic carbocycles. The Morgan fingerprint density at radius 2 is 1.72 bits per heavy atom. The number of sulfonamides is 1. The van der Waals surface area contributed by atoms with Gasteiger partial charge < -0.3 is 10.6 Å². The highest BCUT2D eigenvalue weighted by Crippen LogP contribution is 2.20. The Bertz CT molecular complexity index is 823. The molecule has 2 rings (SSSR count). The van der Waals surface area contributed by atoms with Gasteiger partial charge in [0.2, 0.25) is 15.9 Å². The highest BCUT2D eigenvalue weighted by molar-refractivity contribution is 7.89. The van der Waals surface area contributed by atoms with E-state index in [1.165, 1.54) is 12.1 Å². The number of carbonyl (C=O) groups excluding carboxylic acids is 1. The number of halogens is 1. The SMILES string of the molecule is NS(=O)(=O)c1ccc(CCNCCC(=O)Nc2ccccc2Cl)cc1. The number of nitrogens with one attached hydrogen (secondary N) is 2. The van der Waals surface area contributed by atoms with Crippen LogP contribution in [0.15, 0.2) is 53.4 Å². The number of anilines is 1. The lowest BCUT2D eigenvalue weighted by atomic mass is 10.1. The standard InChI is InChI=1S/C17H20ClN3O3S/c18-15-3-1-2-4-16(15)21-17(22)10-12-20-11-9-13-5-7-14(8-6-13)25(19,23)24/h1-8,20H,9-12H2,(H,21,22)(H2,19,23,24). The van der Waals surface area contributed by atoms with Crippen molar-refractivity contribution in [1.82, 2.24) is 5.32 Å². The van der Waals surface area contributed by atoms with Crippen LogP contribution < -0.4 is 15.8 Å². The van der Waals surface area contributed by atoms with Gasteiger partial charge in [0.05, 0.1) is 15.6 Å². The third-order valence-corrected chi connectivity index (χ3v) is 4.78. The van der Waals surface area contributed by atoms with Gasteiger partial charge in [0.1, 0.15) is 0 Å². The zero-order valence-corrected chi connectivity index (χ0v) is 15.1. The molecule has 6 nitrogen and oxygen atoms in total. The van der Waals surface area contributed by atoms with Crippen molar-refractivity contribution in [2.75, 3.05) is 18.4 Å². The topological polar surface area (TPSA) is 101 Å². The third-order valence-electron chi connectivity index (χ3n) is 3.52. The van der Waals surface area contributed by atoms with Gasteiger partial charge in [-0.15, -0.1) is 0 Å². The highest BCUT2D eigenvalue weighted by Gasteiger charge is 2.07. The summed E-state index contributed by atoms with van der Waals surface area (Å²) in [5.41, 5.74) is 1.59. The molecule has 0 unspecified atom stereocenters. The van der Waals surface area contributed by atoms with E-state index >= 15 is 0 Å². The first kappa shape index (κ1) is 19.4. The van der Waals surface area contributed by atoms with Gasteiger partial charge in [0, 0.05) is 13.0 Å². The van der Waals surface area contributed by atoms with Crippen LogP contribution in [-0.4, -0.2) is 27.4 Å². The third kappa shape index (κ3) is 6.47. The van der Waals surface area contributed by atoms with Crippen LogP contribution in [0.5, 0.6) is 0 Å². The molecule has 0 radical (unpaired) electrons. The average molecular weight is 382 g/mol. The Labute approximate surface area is 152 Å². The van der Waals surface area contributed by atoms with Crippen LogP contribution in [-0.2, 0) is 21.2 Å². The number of carbonyl (C=O) groups is 1. The zero-order chi connectivity index (χ0) is 18.3. The first-order chi connectivity index (χ1) is 11.9. The van der Waals surface area contributed by atoms with E-state index < -0.39 is 10.0 Å². The smallest absolute Gasteiger partial charge is 0.238 e. The lowest BCUT2D eigenvalue weighted by Gasteiger charge is -2.08. The number of primary sulfonamides is 1. The molecular weight excluding hydrogens is 362 g/mol. The van der Waals surface area contributed by atoms with Crippen molar-refractivity contribution in [3.05, 3.63) is 59.1 Å². The molecule has 0 fully saturated rings. The number of hydrogen-bond donors (Lipinski definition) is 3. The Balaban J connectivity index is 1.68. The maximum atomic E-state index is 11.9. The van der Waals surface area contributed by atoms with Crippen LogP contribution >= 0.6 is 11.6 Å². The highest BCUT2D eigenvalue weighted by atomic mass is 35.5. The molecule has 8 heteroatoms. The van der Waals surface area contributed by atoms with Gasteiger partial charge in [0.15, 0.2) is 0 Å². The summed E-state index contributed by atoms with van der Waals surface area (Å²) in [6, 6.07) is 13.5. The van der Waals surface area contributed by atoms with Gasteiger partial charge in [-0.25, -0.2) is 13.6 Å². The lowest BCUT2D eigenvalue weighted by Crippen LogP contribution is -2.23. The first-order valence-corrected chi connectivity index (χ1v) is 9.65. The van der Waals surface area contributed by atoms with Crippen molar-refractivity contribution in [1.29, 1.82) is 0 Å². The Kier molecular flexibility index (Phi) is 6.95. The molecule has 25 heavy (non-hydrogen) atoms. The van der Waals surface area contributed by atoms with E-state index in [1.807, 2.05) is 0 Å². The molecule has 0 atom stereocenters. The van der Waals surface area contributed by atoms with Gasteiger partial charge in [-0.3, -0.25) is 4.79 Å². The molecule has 0 spiro atoms. The summed E-state index contributed by atoms with van der Waals surface area (Å²) in [7, 11) is -3.66. The van der Waals surface area contributed by atoms with Crippen LogP contribution in [0.3, 0.4) is 0 Å². The minimum atomic E-state index is -3.66. The number of para-hydroxylation sites is 1. The van der Waals surface area contributed by atoms with Crippen molar-refractivity contribution >= 4 is 33.2 Å². The number of benzene rings is 2. The second-order valence-corrected chi connectivity index (χ2v) is 7.44. The first-order valence-electron chi connectivity index (χ1n) is 7.73. The maximum absolute atomic E-state index is 11.9. The predicted molar refractivity (Wildman–Crippen MR) is 99.1 cm³/mol. The van der Waals surface area contributed by atoms with Crippen LogP contribution in [0.1, 0.15) is 12.0 Å². The summed E-state index contributed by atoms with van der Waals surface area (Å²) in [6.45, 7) is 1.21. The van der Waals surface area contributed by atoms with Crippen molar-refractivity contribution in [3.8, 4) is 0 Å². The summed E-state index contributed by atoms with van der Waals surface area (Å²) < 4.78 is 22.4. The normalized spacial score (nSPS) is 11.3.